The minimum absolute atomic E-state index is 0.00971. The number of hydrogen-bond acceptors (Lipinski definition) is 5. The summed E-state index contributed by atoms with van der Waals surface area (Å²) in [5.41, 5.74) is 3.00. The zero-order chi connectivity index (χ0) is 24.5. The lowest BCUT2D eigenvalue weighted by Gasteiger charge is -2.11. The van der Waals surface area contributed by atoms with Crippen molar-refractivity contribution in [3.05, 3.63) is 84.2 Å². The van der Waals surface area contributed by atoms with E-state index in [4.69, 9.17) is 19.2 Å². The molecule has 3 aromatic carbocycles. The van der Waals surface area contributed by atoms with Crippen LogP contribution < -0.4 is 19.5 Å². The van der Waals surface area contributed by atoms with Crippen molar-refractivity contribution in [2.75, 3.05) is 27.4 Å². The summed E-state index contributed by atoms with van der Waals surface area (Å²) in [6.07, 6.45) is 1.82. The van der Waals surface area contributed by atoms with E-state index in [-0.39, 0.29) is 5.91 Å². The van der Waals surface area contributed by atoms with Crippen LogP contribution in [0.4, 0.5) is 0 Å². The van der Waals surface area contributed by atoms with Gasteiger partial charge in [-0.05, 0) is 48.4 Å². The van der Waals surface area contributed by atoms with Crippen LogP contribution >= 0.6 is 0 Å². The van der Waals surface area contributed by atoms with E-state index in [2.05, 4.69) is 16.0 Å². The fraction of sp³-hybridized carbons (Fsp3) is 0.286. The highest BCUT2D eigenvalue weighted by atomic mass is 16.5. The van der Waals surface area contributed by atoms with E-state index in [1.54, 1.807) is 14.2 Å². The van der Waals surface area contributed by atoms with Crippen LogP contribution in [0.15, 0.2) is 72.8 Å². The predicted molar refractivity (Wildman–Crippen MR) is 136 cm³/mol. The van der Waals surface area contributed by atoms with Crippen LogP contribution in [0, 0.1) is 0 Å². The molecule has 0 bridgehead atoms. The van der Waals surface area contributed by atoms with Gasteiger partial charge in [0, 0.05) is 25.6 Å². The quantitative estimate of drug-likeness (QED) is 0.308. The smallest absolute Gasteiger partial charge is 0.224 e. The molecule has 0 aliphatic carbocycles. The summed E-state index contributed by atoms with van der Waals surface area (Å²) in [6, 6.07) is 23.3. The number of fused-ring (bicyclic) bond motifs is 1. The maximum absolute atomic E-state index is 12.4. The zero-order valence-corrected chi connectivity index (χ0v) is 20.2. The Balaban J connectivity index is 1.32. The number of benzene rings is 3. The fourth-order valence-corrected chi connectivity index (χ4v) is 3.97. The van der Waals surface area contributed by atoms with Gasteiger partial charge in [-0.25, -0.2) is 4.98 Å². The van der Waals surface area contributed by atoms with Gasteiger partial charge < -0.3 is 24.1 Å². The van der Waals surface area contributed by atoms with Crippen molar-refractivity contribution in [1.82, 2.24) is 14.9 Å². The van der Waals surface area contributed by atoms with Crippen LogP contribution in [0.2, 0.25) is 0 Å². The Morgan fingerprint density at radius 2 is 1.69 bits per heavy atom. The maximum Gasteiger partial charge on any atom is 0.224 e. The number of carbonyl (C=O) groups is 1. The van der Waals surface area contributed by atoms with E-state index >= 15 is 0 Å². The van der Waals surface area contributed by atoms with Crippen molar-refractivity contribution in [2.24, 2.45) is 0 Å². The van der Waals surface area contributed by atoms with Crippen LogP contribution in [0.3, 0.4) is 0 Å². The molecule has 0 aliphatic rings. The number of nitrogens with one attached hydrogen (secondary N) is 1. The van der Waals surface area contributed by atoms with Crippen molar-refractivity contribution < 1.29 is 19.0 Å². The van der Waals surface area contributed by atoms with E-state index in [1.165, 1.54) is 0 Å². The molecule has 7 heteroatoms. The van der Waals surface area contributed by atoms with Gasteiger partial charge in [-0.1, -0.05) is 30.3 Å². The van der Waals surface area contributed by atoms with Gasteiger partial charge in [0.1, 0.15) is 23.1 Å². The van der Waals surface area contributed by atoms with Crippen LogP contribution in [0.25, 0.3) is 11.0 Å². The lowest BCUT2D eigenvalue weighted by molar-refractivity contribution is -0.120. The standard InChI is InChI=1S/C28H31N3O4/c1-33-22-13-11-21(12-14-22)19-28(32)29-16-15-27-30-25-9-3-4-10-26(25)31(27)17-6-18-35-24-8-5-7-23(20-24)34-2/h3-5,7-14,20H,6,15-19H2,1-2H3,(H,29,32). The average Bonchev–Trinajstić information content (AvgIpc) is 3.24. The number of nitrogens with zero attached hydrogens (tertiary/aromatic N) is 2. The Labute approximate surface area is 205 Å². The first-order valence-electron chi connectivity index (χ1n) is 11.8. The van der Waals surface area contributed by atoms with E-state index in [0.29, 0.717) is 26.0 Å². The molecule has 7 nitrogen and oxygen atoms in total. The van der Waals surface area contributed by atoms with Gasteiger partial charge in [-0.15, -0.1) is 0 Å². The number of ether oxygens (including phenoxy) is 3. The molecule has 0 aliphatic heterocycles. The summed E-state index contributed by atoms with van der Waals surface area (Å²) in [5.74, 6) is 3.29. The molecule has 0 unspecified atom stereocenters. The molecule has 0 radical (unpaired) electrons. The van der Waals surface area contributed by atoms with Gasteiger partial charge >= 0.3 is 0 Å². The second kappa shape index (κ2) is 11.9. The minimum Gasteiger partial charge on any atom is -0.497 e. The molecule has 1 heterocycles. The molecule has 0 spiro atoms. The third kappa shape index (κ3) is 6.53. The Morgan fingerprint density at radius 1 is 0.914 bits per heavy atom. The first kappa shape index (κ1) is 24.1. The van der Waals surface area contributed by atoms with Gasteiger partial charge in [0.15, 0.2) is 0 Å². The normalized spacial score (nSPS) is 10.8. The van der Waals surface area contributed by atoms with Gasteiger partial charge in [0.25, 0.3) is 0 Å². The van der Waals surface area contributed by atoms with Gasteiger partial charge in [-0.3, -0.25) is 4.79 Å². The molecular weight excluding hydrogens is 442 g/mol. The highest BCUT2D eigenvalue weighted by Crippen LogP contribution is 2.20. The third-order valence-electron chi connectivity index (χ3n) is 5.76. The van der Waals surface area contributed by atoms with Gasteiger partial charge in [-0.2, -0.15) is 0 Å². The summed E-state index contributed by atoms with van der Waals surface area (Å²) in [6.45, 7) is 1.88. The Morgan fingerprint density at radius 3 is 2.49 bits per heavy atom. The minimum atomic E-state index is -0.00971. The van der Waals surface area contributed by atoms with Gasteiger partial charge in [0.05, 0.1) is 38.3 Å². The Hall–Kier alpha value is -4.00. The molecule has 1 aromatic heterocycles. The highest BCUT2D eigenvalue weighted by Gasteiger charge is 2.11. The van der Waals surface area contributed by atoms with Crippen LogP contribution in [0.5, 0.6) is 17.2 Å². The summed E-state index contributed by atoms with van der Waals surface area (Å²) < 4.78 is 18.5. The molecule has 0 fully saturated rings. The van der Waals surface area contributed by atoms with E-state index < -0.39 is 0 Å². The van der Waals surface area contributed by atoms with Crippen molar-refractivity contribution in [3.63, 3.8) is 0 Å². The van der Waals surface area contributed by atoms with Crippen LogP contribution in [-0.2, 0) is 24.2 Å². The first-order chi connectivity index (χ1) is 17.2. The van der Waals surface area contributed by atoms with Crippen molar-refractivity contribution >= 4 is 16.9 Å². The zero-order valence-electron chi connectivity index (χ0n) is 20.2. The Bertz CT molecular complexity index is 1250. The summed E-state index contributed by atoms with van der Waals surface area (Å²) >= 11 is 0. The number of imidazole rings is 1. The number of aryl methyl sites for hydroxylation is 1. The Kier molecular flexibility index (Phi) is 8.22. The van der Waals surface area contributed by atoms with Crippen molar-refractivity contribution in [2.45, 2.75) is 25.8 Å². The molecule has 0 saturated carbocycles. The summed E-state index contributed by atoms with van der Waals surface area (Å²) in [7, 11) is 3.27. The van der Waals surface area contributed by atoms with Crippen molar-refractivity contribution in [3.8, 4) is 17.2 Å². The second-order valence-corrected chi connectivity index (χ2v) is 8.17. The monoisotopic (exact) mass is 473 g/mol. The molecule has 1 amide bonds. The average molecular weight is 474 g/mol. The largest absolute Gasteiger partial charge is 0.497 e. The maximum atomic E-state index is 12.4. The van der Waals surface area contributed by atoms with E-state index in [1.807, 2.05) is 66.7 Å². The molecule has 0 saturated heterocycles. The molecule has 4 aromatic rings. The molecular formula is C28H31N3O4. The number of methoxy groups -OCH3 is 2. The number of amides is 1. The number of rotatable bonds is 12. The van der Waals surface area contributed by atoms with E-state index in [9.17, 15) is 4.79 Å². The van der Waals surface area contributed by atoms with Crippen LogP contribution in [-0.4, -0.2) is 42.8 Å². The number of hydrogen-bond donors (Lipinski definition) is 1. The molecule has 182 valence electrons. The van der Waals surface area contributed by atoms with Crippen molar-refractivity contribution in [1.29, 1.82) is 0 Å². The lowest BCUT2D eigenvalue weighted by Crippen LogP contribution is -2.28. The van der Waals surface area contributed by atoms with Crippen LogP contribution in [0.1, 0.15) is 17.8 Å². The summed E-state index contributed by atoms with van der Waals surface area (Å²) in [5, 5.41) is 3.02. The highest BCUT2D eigenvalue weighted by molar-refractivity contribution is 5.78. The molecule has 4 rings (SSSR count). The lowest BCUT2D eigenvalue weighted by atomic mass is 10.1. The third-order valence-corrected chi connectivity index (χ3v) is 5.76. The van der Waals surface area contributed by atoms with E-state index in [0.717, 1.165) is 52.6 Å². The predicted octanol–water partition coefficient (Wildman–Crippen LogP) is 4.42. The SMILES string of the molecule is COc1ccc(CC(=O)NCCc2nc3ccccc3n2CCCOc2cccc(OC)c2)cc1. The number of para-hydroxylation sites is 2. The first-order valence-corrected chi connectivity index (χ1v) is 11.8. The molecule has 1 N–H and O–H groups in total. The summed E-state index contributed by atoms with van der Waals surface area (Å²) in [4.78, 5) is 17.2. The number of aromatic nitrogens is 2. The van der Waals surface area contributed by atoms with Gasteiger partial charge in [0.2, 0.25) is 5.91 Å². The molecule has 0 atom stereocenters. The number of carbonyl (C=O) groups excluding carboxylic acids is 1. The fourth-order valence-electron chi connectivity index (χ4n) is 3.97. The molecule has 35 heavy (non-hydrogen) atoms. The second-order valence-electron chi connectivity index (χ2n) is 8.17. The topological polar surface area (TPSA) is 74.6 Å².